The Morgan fingerprint density at radius 2 is 1.90 bits per heavy atom. The molecule has 1 aliphatic rings. The molecule has 2 aromatic rings. The van der Waals surface area contributed by atoms with Crippen molar-refractivity contribution in [3.8, 4) is 11.4 Å². The molecule has 3 rings (SSSR count). The second-order valence-corrected chi connectivity index (χ2v) is 9.87. The van der Waals surface area contributed by atoms with Gasteiger partial charge in [-0.15, -0.1) is 0 Å². The molecular formula is C20H26F3N3O2S. The maximum absolute atomic E-state index is 13.4. The average Bonchev–Trinajstić information content (AvgIpc) is 3.09. The number of aryl methyl sites for hydroxylation is 1. The summed E-state index contributed by atoms with van der Waals surface area (Å²) in [7, 11) is -3.44. The Bertz CT molecular complexity index is 948. The third kappa shape index (κ3) is 5.38. The van der Waals surface area contributed by atoms with Gasteiger partial charge in [-0.05, 0) is 31.4 Å². The predicted molar refractivity (Wildman–Crippen MR) is 104 cm³/mol. The molecule has 0 N–H and O–H groups in total. The first-order valence-electron chi connectivity index (χ1n) is 9.88. The van der Waals surface area contributed by atoms with Gasteiger partial charge in [0.15, 0.2) is 15.7 Å². The zero-order valence-electron chi connectivity index (χ0n) is 16.6. The second-order valence-electron chi connectivity index (χ2n) is 7.86. The van der Waals surface area contributed by atoms with Crippen molar-refractivity contribution in [1.82, 2.24) is 14.8 Å². The number of nitrogens with zero attached hydrogens (tertiary/aromatic N) is 3. The van der Waals surface area contributed by atoms with E-state index in [1.54, 1.807) is 12.1 Å². The Morgan fingerprint density at radius 1 is 1.21 bits per heavy atom. The summed E-state index contributed by atoms with van der Waals surface area (Å²) in [6.45, 7) is 1.06. The summed E-state index contributed by atoms with van der Waals surface area (Å²) in [5.41, 5.74) is 0.389. The number of rotatable bonds is 6. The van der Waals surface area contributed by atoms with E-state index in [9.17, 15) is 21.6 Å². The van der Waals surface area contributed by atoms with Crippen LogP contribution < -0.4 is 0 Å². The fourth-order valence-corrected chi connectivity index (χ4v) is 4.44. The Balaban J connectivity index is 1.93. The van der Waals surface area contributed by atoms with Crippen molar-refractivity contribution in [2.24, 2.45) is 5.92 Å². The van der Waals surface area contributed by atoms with Gasteiger partial charge in [0, 0.05) is 18.2 Å². The molecule has 5 nitrogen and oxygen atoms in total. The lowest BCUT2D eigenvalue weighted by molar-refractivity contribution is -0.165. The molecule has 1 aliphatic carbocycles. The highest BCUT2D eigenvalue weighted by Gasteiger charge is 2.39. The minimum Gasteiger partial charge on any atom is -0.238 e. The quantitative estimate of drug-likeness (QED) is 0.649. The third-order valence-electron chi connectivity index (χ3n) is 5.56. The van der Waals surface area contributed by atoms with Crippen LogP contribution in [0.5, 0.6) is 0 Å². The molecule has 0 amide bonds. The first-order valence-corrected chi connectivity index (χ1v) is 11.8. The summed E-state index contributed by atoms with van der Waals surface area (Å²) < 4.78 is 64.7. The lowest BCUT2D eigenvalue weighted by Gasteiger charge is -2.22. The van der Waals surface area contributed by atoms with E-state index in [-0.39, 0.29) is 10.7 Å². The molecule has 1 saturated carbocycles. The van der Waals surface area contributed by atoms with Gasteiger partial charge < -0.3 is 0 Å². The summed E-state index contributed by atoms with van der Waals surface area (Å²) >= 11 is 0. The van der Waals surface area contributed by atoms with Crippen molar-refractivity contribution < 1.29 is 21.6 Å². The molecule has 9 heteroatoms. The van der Waals surface area contributed by atoms with Crippen molar-refractivity contribution >= 4 is 9.84 Å². The normalized spacial score (nSPS) is 17.4. The number of hydrogen-bond donors (Lipinski definition) is 0. The highest BCUT2D eigenvalue weighted by Crippen LogP contribution is 2.33. The van der Waals surface area contributed by atoms with Crippen molar-refractivity contribution in [3.05, 3.63) is 30.1 Å². The highest BCUT2D eigenvalue weighted by molar-refractivity contribution is 7.90. The fourth-order valence-electron chi connectivity index (χ4n) is 3.77. The molecule has 1 unspecified atom stereocenters. The largest absolute Gasteiger partial charge is 0.410 e. The van der Waals surface area contributed by atoms with Gasteiger partial charge in [0.1, 0.15) is 11.9 Å². The van der Waals surface area contributed by atoms with Crippen LogP contribution in [0.15, 0.2) is 29.2 Å². The molecule has 1 heterocycles. The van der Waals surface area contributed by atoms with E-state index in [0.717, 1.165) is 37.1 Å². The Kier molecular flexibility index (Phi) is 6.36. The van der Waals surface area contributed by atoms with Gasteiger partial charge >= 0.3 is 6.18 Å². The van der Waals surface area contributed by atoms with Gasteiger partial charge in [-0.25, -0.2) is 18.1 Å². The maximum Gasteiger partial charge on any atom is 0.410 e. The monoisotopic (exact) mass is 429 g/mol. The standard InChI is InChI=1S/C20H26F3N3O2S/c1-14(20(21,22)23)26-18(12-11-15-7-4-3-5-8-15)24-19(25-26)16-9-6-10-17(13-16)29(2,27)28/h6,9-10,13-15H,3-5,7-8,11-12H2,1-2H3. The topological polar surface area (TPSA) is 64.8 Å². The van der Waals surface area contributed by atoms with Crippen LogP contribution in [0.4, 0.5) is 13.2 Å². The summed E-state index contributed by atoms with van der Waals surface area (Å²) in [6.07, 6.45) is 3.60. The van der Waals surface area contributed by atoms with Crippen LogP contribution in [0.1, 0.15) is 57.3 Å². The summed E-state index contributed by atoms with van der Waals surface area (Å²) in [5.74, 6) is 0.914. The molecule has 160 valence electrons. The molecule has 0 aliphatic heterocycles. The van der Waals surface area contributed by atoms with Crippen molar-refractivity contribution in [3.63, 3.8) is 0 Å². The highest BCUT2D eigenvalue weighted by atomic mass is 32.2. The molecule has 29 heavy (non-hydrogen) atoms. The third-order valence-corrected chi connectivity index (χ3v) is 6.67. The van der Waals surface area contributed by atoms with E-state index in [2.05, 4.69) is 10.1 Å². The molecule has 0 radical (unpaired) electrons. The van der Waals surface area contributed by atoms with E-state index < -0.39 is 22.1 Å². The van der Waals surface area contributed by atoms with Crippen LogP contribution in [0.2, 0.25) is 0 Å². The first-order chi connectivity index (χ1) is 13.6. The van der Waals surface area contributed by atoms with Gasteiger partial charge in [-0.1, -0.05) is 44.2 Å². The average molecular weight is 430 g/mol. The minimum atomic E-state index is -4.45. The van der Waals surface area contributed by atoms with Crippen molar-refractivity contribution in [1.29, 1.82) is 0 Å². The van der Waals surface area contributed by atoms with E-state index in [4.69, 9.17) is 0 Å². The lowest BCUT2D eigenvalue weighted by Crippen LogP contribution is -2.26. The lowest BCUT2D eigenvalue weighted by atomic mass is 9.86. The zero-order valence-corrected chi connectivity index (χ0v) is 17.4. The molecular weight excluding hydrogens is 403 g/mol. The molecule has 0 bridgehead atoms. The first kappa shape index (κ1) is 21.8. The van der Waals surface area contributed by atoms with E-state index in [0.29, 0.717) is 23.7 Å². The number of halogens is 3. The summed E-state index contributed by atoms with van der Waals surface area (Å²) in [5, 5.41) is 4.12. The molecule has 0 saturated heterocycles. The predicted octanol–water partition coefficient (Wildman–Crippen LogP) is 4.98. The van der Waals surface area contributed by atoms with Crippen molar-refractivity contribution in [2.75, 3.05) is 6.26 Å². The fraction of sp³-hybridized carbons (Fsp3) is 0.600. The van der Waals surface area contributed by atoms with Crippen LogP contribution >= 0.6 is 0 Å². The Hall–Kier alpha value is -1.90. The molecule has 1 atom stereocenters. The number of benzene rings is 1. The number of aromatic nitrogens is 3. The zero-order chi connectivity index (χ0) is 21.2. The summed E-state index contributed by atoms with van der Waals surface area (Å²) in [4.78, 5) is 4.46. The SMILES string of the molecule is CC(n1nc(-c2cccc(S(C)(=O)=O)c2)nc1CCC1CCCCC1)C(F)(F)F. The number of hydrogen-bond acceptors (Lipinski definition) is 4. The van der Waals surface area contributed by atoms with Crippen LogP contribution in [0.25, 0.3) is 11.4 Å². The van der Waals surface area contributed by atoms with Crippen LogP contribution in [0.3, 0.4) is 0 Å². The van der Waals surface area contributed by atoms with Crippen molar-refractivity contribution in [2.45, 2.75) is 69.0 Å². The van der Waals surface area contributed by atoms with Crippen LogP contribution in [-0.4, -0.2) is 35.6 Å². The van der Waals surface area contributed by atoms with Gasteiger partial charge in [0.05, 0.1) is 4.90 Å². The minimum absolute atomic E-state index is 0.0824. The number of sulfone groups is 1. The number of alkyl halides is 3. The molecule has 1 fully saturated rings. The van der Waals surface area contributed by atoms with Gasteiger partial charge in [0.25, 0.3) is 0 Å². The van der Waals surface area contributed by atoms with Gasteiger partial charge in [-0.3, -0.25) is 0 Å². The smallest absolute Gasteiger partial charge is 0.238 e. The van der Waals surface area contributed by atoms with Gasteiger partial charge in [-0.2, -0.15) is 18.3 Å². The van der Waals surface area contributed by atoms with E-state index in [1.165, 1.54) is 31.4 Å². The van der Waals surface area contributed by atoms with E-state index >= 15 is 0 Å². The Morgan fingerprint density at radius 3 is 2.52 bits per heavy atom. The maximum atomic E-state index is 13.4. The second kappa shape index (κ2) is 8.45. The molecule has 1 aromatic carbocycles. The van der Waals surface area contributed by atoms with Crippen LogP contribution in [0, 0.1) is 5.92 Å². The van der Waals surface area contributed by atoms with E-state index in [1.807, 2.05) is 0 Å². The summed E-state index contributed by atoms with van der Waals surface area (Å²) in [6, 6.07) is 4.19. The van der Waals surface area contributed by atoms with Gasteiger partial charge in [0.2, 0.25) is 0 Å². The molecule has 1 aromatic heterocycles. The molecule has 0 spiro atoms. The van der Waals surface area contributed by atoms with Crippen LogP contribution in [-0.2, 0) is 16.3 Å². The Labute approximate surface area is 169 Å².